The molecular weight excluding hydrogens is 292 g/mol. The smallest absolute Gasteiger partial charge is 0.224 e. The van der Waals surface area contributed by atoms with Crippen molar-refractivity contribution in [2.75, 3.05) is 26.2 Å². The SMILES string of the molecule is CC(C)C1CN(C(=O)CCn2cnnn2)CCCN1CC1CC1. The van der Waals surface area contributed by atoms with Crippen LogP contribution < -0.4 is 0 Å². The van der Waals surface area contributed by atoms with Crippen molar-refractivity contribution in [2.45, 2.75) is 52.1 Å². The molecule has 0 N–H and O–H groups in total. The molecule has 1 saturated carbocycles. The van der Waals surface area contributed by atoms with Gasteiger partial charge in [0.2, 0.25) is 5.91 Å². The maximum absolute atomic E-state index is 12.6. The second-order valence-electron chi connectivity index (χ2n) is 7.27. The molecule has 23 heavy (non-hydrogen) atoms. The number of carbonyl (C=O) groups excluding carboxylic acids is 1. The number of rotatable bonds is 6. The highest BCUT2D eigenvalue weighted by molar-refractivity contribution is 5.76. The van der Waals surface area contributed by atoms with Crippen molar-refractivity contribution in [3.63, 3.8) is 0 Å². The van der Waals surface area contributed by atoms with Crippen molar-refractivity contribution >= 4 is 5.91 Å². The molecule has 7 nitrogen and oxygen atoms in total. The first-order valence-corrected chi connectivity index (χ1v) is 8.86. The third kappa shape index (κ3) is 4.50. The third-order valence-corrected chi connectivity index (χ3v) is 5.01. The Kier molecular flexibility index (Phi) is 5.25. The Morgan fingerprint density at radius 1 is 1.30 bits per heavy atom. The van der Waals surface area contributed by atoms with Gasteiger partial charge in [-0.2, -0.15) is 0 Å². The number of tetrazole rings is 1. The molecule has 0 aromatic carbocycles. The topological polar surface area (TPSA) is 67.2 Å². The first kappa shape index (κ1) is 16.4. The fourth-order valence-corrected chi connectivity index (χ4v) is 3.43. The minimum absolute atomic E-state index is 0.222. The van der Waals surface area contributed by atoms with Gasteiger partial charge in [0.05, 0.1) is 6.54 Å². The fourth-order valence-electron chi connectivity index (χ4n) is 3.43. The van der Waals surface area contributed by atoms with Gasteiger partial charge in [0.1, 0.15) is 6.33 Å². The van der Waals surface area contributed by atoms with E-state index < -0.39 is 0 Å². The zero-order valence-corrected chi connectivity index (χ0v) is 14.3. The molecule has 1 aliphatic heterocycles. The van der Waals surface area contributed by atoms with E-state index in [1.165, 1.54) is 19.4 Å². The van der Waals surface area contributed by atoms with E-state index in [9.17, 15) is 4.79 Å². The van der Waals surface area contributed by atoms with Crippen LogP contribution in [0.3, 0.4) is 0 Å². The van der Waals surface area contributed by atoms with Crippen LogP contribution in [0.15, 0.2) is 6.33 Å². The lowest BCUT2D eigenvalue weighted by Crippen LogP contribution is -2.46. The van der Waals surface area contributed by atoms with Gasteiger partial charge < -0.3 is 4.90 Å². The Hall–Kier alpha value is -1.50. The maximum atomic E-state index is 12.6. The van der Waals surface area contributed by atoms with Crippen molar-refractivity contribution < 1.29 is 4.79 Å². The average molecular weight is 320 g/mol. The van der Waals surface area contributed by atoms with Crippen molar-refractivity contribution in [1.82, 2.24) is 30.0 Å². The zero-order chi connectivity index (χ0) is 16.2. The Morgan fingerprint density at radius 2 is 2.13 bits per heavy atom. The highest BCUT2D eigenvalue weighted by Gasteiger charge is 2.33. The highest BCUT2D eigenvalue weighted by atomic mass is 16.2. The van der Waals surface area contributed by atoms with Gasteiger partial charge in [-0.15, -0.1) is 5.10 Å². The van der Waals surface area contributed by atoms with Crippen LogP contribution in [0.1, 0.15) is 39.5 Å². The van der Waals surface area contributed by atoms with Crippen LogP contribution in [0.25, 0.3) is 0 Å². The first-order valence-electron chi connectivity index (χ1n) is 8.86. The summed E-state index contributed by atoms with van der Waals surface area (Å²) in [5, 5.41) is 11.0. The number of aromatic nitrogens is 4. The largest absolute Gasteiger partial charge is 0.341 e. The van der Waals surface area contributed by atoms with Gasteiger partial charge in [0.15, 0.2) is 0 Å². The van der Waals surface area contributed by atoms with E-state index in [1.807, 2.05) is 0 Å². The number of amides is 1. The van der Waals surface area contributed by atoms with Gasteiger partial charge in [-0.1, -0.05) is 13.8 Å². The minimum Gasteiger partial charge on any atom is -0.341 e. The summed E-state index contributed by atoms with van der Waals surface area (Å²) in [6.45, 7) is 9.18. The molecule has 7 heteroatoms. The predicted octanol–water partition coefficient (Wildman–Crippen LogP) is 1.03. The summed E-state index contributed by atoms with van der Waals surface area (Å²) in [6.07, 6.45) is 5.88. The van der Waals surface area contributed by atoms with Crippen LogP contribution >= 0.6 is 0 Å². The van der Waals surface area contributed by atoms with E-state index in [4.69, 9.17) is 0 Å². The molecular formula is C16H28N6O. The lowest BCUT2D eigenvalue weighted by molar-refractivity contribution is -0.132. The lowest BCUT2D eigenvalue weighted by Gasteiger charge is -2.34. The lowest BCUT2D eigenvalue weighted by atomic mass is 10.0. The number of hydrogen-bond acceptors (Lipinski definition) is 5. The van der Waals surface area contributed by atoms with Gasteiger partial charge in [0, 0.05) is 38.6 Å². The Labute approximate surface area is 138 Å². The van der Waals surface area contributed by atoms with Gasteiger partial charge in [0.25, 0.3) is 0 Å². The molecule has 128 valence electrons. The molecule has 3 rings (SSSR count). The molecule has 0 radical (unpaired) electrons. The first-order chi connectivity index (χ1) is 11.1. The standard InChI is InChI=1S/C16H28N6O/c1-13(2)15-11-21(8-3-7-20(15)10-14-4-5-14)16(23)6-9-22-12-17-18-19-22/h12-15H,3-11H2,1-2H3. The Balaban J connectivity index is 1.57. The highest BCUT2D eigenvalue weighted by Crippen LogP contribution is 2.31. The molecule has 1 aromatic rings. The number of aryl methyl sites for hydroxylation is 1. The number of carbonyl (C=O) groups is 1. The van der Waals surface area contributed by atoms with Gasteiger partial charge >= 0.3 is 0 Å². The quantitative estimate of drug-likeness (QED) is 0.783. The monoisotopic (exact) mass is 320 g/mol. The van der Waals surface area contributed by atoms with E-state index >= 15 is 0 Å². The molecule has 0 spiro atoms. The maximum Gasteiger partial charge on any atom is 0.224 e. The third-order valence-electron chi connectivity index (χ3n) is 5.01. The Bertz CT molecular complexity index is 499. The van der Waals surface area contributed by atoms with Crippen LogP contribution in [0.2, 0.25) is 0 Å². The van der Waals surface area contributed by atoms with Crippen LogP contribution in [0.5, 0.6) is 0 Å². The molecule has 2 aliphatic rings. The number of hydrogen-bond donors (Lipinski definition) is 0. The molecule has 1 aromatic heterocycles. The van der Waals surface area contributed by atoms with Crippen LogP contribution in [-0.2, 0) is 11.3 Å². The second-order valence-corrected chi connectivity index (χ2v) is 7.27. The second kappa shape index (κ2) is 7.38. The molecule has 1 aliphatic carbocycles. The van der Waals surface area contributed by atoms with Crippen LogP contribution in [-0.4, -0.2) is 68.1 Å². The predicted molar refractivity (Wildman–Crippen MR) is 86.6 cm³/mol. The summed E-state index contributed by atoms with van der Waals surface area (Å²) in [6, 6.07) is 0.482. The summed E-state index contributed by atoms with van der Waals surface area (Å²) < 4.78 is 1.62. The number of nitrogens with zero attached hydrogens (tertiary/aromatic N) is 6. The summed E-state index contributed by atoms with van der Waals surface area (Å²) in [7, 11) is 0. The van der Waals surface area contributed by atoms with E-state index in [0.717, 1.165) is 32.0 Å². The van der Waals surface area contributed by atoms with E-state index in [-0.39, 0.29) is 5.91 Å². The fraction of sp³-hybridized carbons (Fsp3) is 0.875. The normalized spacial score (nSPS) is 23.3. The minimum atomic E-state index is 0.222. The van der Waals surface area contributed by atoms with E-state index in [1.54, 1.807) is 11.0 Å². The Morgan fingerprint density at radius 3 is 2.78 bits per heavy atom. The molecule has 2 heterocycles. The van der Waals surface area contributed by atoms with Crippen molar-refractivity contribution in [2.24, 2.45) is 11.8 Å². The molecule has 1 amide bonds. The van der Waals surface area contributed by atoms with E-state index in [2.05, 4.69) is 39.2 Å². The molecule has 2 fully saturated rings. The van der Waals surface area contributed by atoms with Gasteiger partial charge in [-0.05, 0) is 41.5 Å². The molecule has 1 unspecified atom stereocenters. The molecule has 0 bridgehead atoms. The summed E-state index contributed by atoms with van der Waals surface area (Å²) in [5.41, 5.74) is 0. The summed E-state index contributed by atoms with van der Waals surface area (Å²) in [4.78, 5) is 17.3. The summed E-state index contributed by atoms with van der Waals surface area (Å²) in [5.74, 6) is 1.69. The van der Waals surface area contributed by atoms with Gasteiger partial charge in [-0.3, -0.25) is 9.69 Å². The van der Waals surface area contributed by atoms with Crippen LogP contribution in [0.4, 0.5) is 0 Å². The van der Waals surface area contributed by atoms with E-state index in [0.29, 0.717) is 24.9 Å². The van der Waals surface area contributed by atoms with Crippen molar-refractivity contribution in [3.05, 3.63) is 6.33 Å². The van der Waals surface area contributed by atoms with Crippen molar-refractivity contribution in [3.8, 4) is 0 Å². The summed E-state index contributed by atoms with van der Waals surface area (Å²) >= 11 is 0. The van der Waals surface area contributed by atoms with Gasteiger partial charge in [-0.25, -0.2) is 4.68 Å². The van der Waals surface area contributed by atoms with Crippen LogP contribution in [0, 0.1) is 11.8 Å². The average Bonchev–Trinajstić information content (AvgIpc) is 3.24. The zero-order valence-electron chi connectivity index (χ0n) is 14.3. The molecule has 1 saturated heterocycles. The molecule has 1 atom stereocenters. The van der Waals surface area contributed by atoms with Crippen molar-refractivity contribution in [1.29, 1.82) is 0 Å².